The zero-order valence-corrected chi connectivity index (χ0v) is 13.7. The number of fused-ring (bicyclic) bond motifs is 1. The first kappa shape index (κ1) is 14.2. The summed E-state index contributed by atoms with van der Waals surface area (Å²) in [5.74, 6) is 0. The quantitative estimate of drug-likeness (QED) is 0.688. The third kappa shape index (κ3) is 2.47. The maximum Gasteiger partial charge on any atom is 0.0871 e. The number of benzene rings is 2. The fourth-order valence-corrected chi connectivity index (χ4v) is 4.25. The molecule has 4 rings (SSSR count). The maximum absolute atomic E-state index is 13.1. The number of aryl methyl sites for hydroxylation is 1. The highest BCUT2D eigenvalue weighted by Crippen LogP contribution is 2.34. The molecule has 1 aromatic heterocycles. The Morgan fingerprint density at radius 2 is 1.74 bits per heavy atom. The number of nitrogens with zero attached hydrogens (tertiary/aromatic N) is 1. The summed E-state index contributed by atoms with van der Waals surface area (Å²) in [6.07, 6.45) is 4.24. The van der Waals surface area contributed by atoms with Gasteiger partial charge in [-0.25, -0.2) is 4.21 Å². The molecule has 2 nitrogen and oxygen atoms in total. The molecule has 1 aliphatic heterocycles. The largest absolute Gasteiger partial charge is 0.336 e. The highest BCUT2D eigenvalue weighted by molar-refractivity contribution is 7.85. The summed E-state index contributed by atoms with van der Waals surface area (Å²) in [5.41, 5.74) is 4.47. The zero-order valence-electron chi connectivity index (χ0n) is 12.9. The summed E-state index contributed by atoms with van der Waals surface area (Å²) in [7, 11) is -1.18. The molecule has 0 N–H and O–H groups in total. The number of aromatic nitrogens is 1. The summed E-state index contributed by atoms with van der Waals surface area (Å²) in [6.45, 7) is 2.88. The third-order valence-electron chi connectivity index (χ3n) is 4.15. The highest BCUT2D eigenvalue weighted by Gasteiger charge is 2.22. The molecule has 0 unspecified atom stereocenters. The monoisotopic (exact) mass is 319 g/mol. The van der Waals surface area contributed by atoms with Gasteiger partial charge in [0.1, 0.15) is 0 Å². The first-order valence-electron chi connectivity index (χ1n) is 7.68. The Labute approximate surface area is 138 Å². The summed E-state index contributed by atoms with van der Waals surface area (Å²) < 4.78 is 15.4. The van der Waals surface area contributed by atoms with Crippen LogP contribution in [0.25, 0.3) is 17.3 Å². The lowest BCUT2D eigenvalue weighted by Crippen LogP contribution is -2.00. The van der Waals surface area contributed by atoms with Crippen molar-refractivity contribution < 1.29 is 4.21 Å². The lowest BCUT2D eigenvalue weighted by atomic mass is 10.1. The van der Waals surface area contributed by atoms with Gasteiger partial charge in [-0.2, -0.15) is 0 Å². The highest BCUT2D eigenvalue weighted by atomic mass is 32.2. The van der Waals surface area contributed by atoms with Gasteiger partial charge < -0.3 is 4.57 Å². The van der Waals surface area contributed by atoms with Crippen molar-refractivity contribution >= 4 is 16.9 Å². The molecule has 2 aromatic carbocycles. The van der Waals surface area contributed by atoms with Crippen molar-refractivity contribution in [3.05, 3.63) is 78.0 Å². The van der Waals surface area contributed by atoms with Crippen molar-refractivity contribution in [1.82, 2.24) is 4.57 Å². The number of hydrogen-bond donors (Lipinski definition) is 0. The Morgan fingerprint density at radius 1 is 1.00 bits per heavy atom. The van der Waals surface area contributed by atoms with Crippen LogP contribution >= 0.6 is 0 Å². The SMILES string of the molecule is Cc1ccc([S@](=O)c2cc3n(c2-c2ccccc2)CC=C3)cc1. The summed E-state index contributed by atoms with van der Waals surface area (Å²) in [5, 5.41) is 0. The minimum Gasteiger partial charge on any atom is -0.336 e. The van der Waals surface area contributed by atoms with Crippen LogP contribution in [-0.4, -0.2) is 8.78 Å². The van der Waals surface area contributed by atoms with Crippen LogP contribution in [0.2, 0.25) is 0 Å². The van der Waals surface area contributed by atoms with E-state index in [1.54, 1.807) is 0 Å². The molecule has 2 heterocycles. The fourth-order valence-electron chi connectivity index (χ4n) is 2.98. The van der Waals surface area contributed by atoms with Crippen LogP contribution in [0, 0.1) is 6.92 Å². The van der Waals surface area contributed by atoms with Crippen molar-refractivity contribution in [1.29, 1.82) is 0 Å². The van der Waals surface area contributed by atoms with E-state index < -0.39 is 10.8 Å². The minimum atomic E-state index is -1.18. The second kappa shape index (κ2) is 5.67. The molecule has 0 saturated carbocycles. The Bertz CT molecular complexity index is 905. The van der Waals surface area contributed by atoms with Gasteiger partial charge in [-0.1, -0.05) is 54.1 Å². The maximum atomic E-state index is 13.1. The fraction of sp³-hybridized carbons (Fsp3) is 0.100. The van der Waals surface area contributed by atoms with E-state index in [0.717, 1.165) is 33.3 Å². The first-order valence-corrected chi connectivity index (χ1v) is 8.83. The molecular weight excluding hydrogens is 302 g/mol. The number of hydrogen-bond acceptors (Lipinski definition) is 1. The number of allylic oxidation sites excluding steroid dienone is 1. The minimum absolute atomic E-state index is 0.838. The van der Waals surface area contributed by atoms with Gasteiger partial charge in [-0.15, -0.1) is 0 Å². The van der Waals surface area contributed by atoms with Gasteiger partial charge in [0.25, 0.3) is 0 Å². The van der Waals surface area contributed by atoms with E-state index in [1.165, 1.54) is 5.56 Å². The van der Waals surface area contributed by atoms with Crippen LogP contribution in [0.5, 0.6) is 0 Å². The van der Waals surface area contributed by atoms with Gasteiger partial charge in [0.2, 0.25) is 0 Å². The molecule has 3 aromatic rings. The van der Waals surface area contributed by atoms with Crippen LogP contribution in [-0.2, 0) is 17.3 Å². The lowest BCUT2D eigenvalue weighted by molar-refractivity contribution is 0.683. The predicted octanol–water partition coefficient (Wildman–Crippen LogP) is 4.66. The van der Waals surface area contributed by atoms with E-state index in [0.29, 0.717) is 0 Å². The van der Waals surface area contributed by atoms with Gasteiger partial charge in [0.15, 0.2) is 0 Å². The Balaban J connectivity index is 1.87. The van der Waals surface area contributed by atoms with Crippen LogP contribution < -0.4 is 0 Å². The third-order valence-corrected chi connectivity index (χ3v) is 5.56. The Morgan fingerprint density at radius 3 is 2.48 bits per heavy atom. The van der Waals surface area contributed by atoms with Crippen molar-refractivity contribution in [2.24, 2.45) is 0 Å². The van der Waals surface area contributed by atoms with Crippen molar-refractivity contribution in [2.45, 2.75) is 23.3 Å². The average molecular weight is 319 g/mol. The van der Waals surface area contributed by atoms with E-state index >= 15 is 0 Å². The van der Waals surface area contributed by atoms with Crippen LogP contribution in [0.4, 0.5) is 0 Å². The van der Waals surface area contributed by atoms with Crippen LogP contribution in [0.3, 0.4) is 0 Å². The zero-order chi connectivity index (χ0) is 15.8. The molecule has 3 heteroatoms. The molecule has 0 amide bonds. The second-order valence-electron chi connectivity index (χ2n) is 5.74. The molecule has 0 aliphatic carbocycles. The molecular formula is C20H17NOS. The summed E-state index contributed by atoms with van der Waals surface area (Å²) in [4.78, 5) is 1.74. The summed E-state index contributed by atoms with van der Waals surface area (Å²) >= 11 is 0. The standard InChI is InChI=1S/C20H17NOS/c1-15-9-11-18(12-10-15)23(22)19-14-17-8-5-13-21(17)20(19)16-6-3-2-4-7-16/h2-12,14H,13H2,1H3/t23-/m0/s1. The molecule has 114 valence electrons. The van der Waals surface area contributed by atoms with E-state index in [9.17, 15) is 4.21 Å². The molecule has 0 bridgehead atoms. The van der Waals surface area contributed by atoms with Gasteiger partial charge in [-0.05, 0) is 36.8 Å². The second-order valence-corrected chi connectivity index (χ2v) is 7.19. The Kier molecular flexibility index (Phi) is 3.50. The molecule has 0 spiro atoms. The van der Waals surface area contributed by atoms with E-state index in [4.69, 9.17) is 0 Å². The Hall–Kier alpha value is -2.39. The number of rotatable bonds is 3. The molecule has 0 saturated heterocycles. The normalized spacial score (nSPS) is 14.0. The van der Waals surface area contributed by atoms with Crippen molar-refractivity contribution in [3.8, 4) is 11.3 Å². The van der Waals surface area contributed by atoms with Crippen molar-refractivity contribution in [3.63, 3.8) is 0 Å². The van der Waals surface area contributed by atoms with Gasteiger partial charge in [0, 0.05) is 17.1 Å². The van der Waals surface area contributed by atoms with E-state index in [1.807, 2.05) is 49.4 Å². The van der Waals surface area contributed by atoms with Gasteiger partial charge in [-0.3, -0.25) is 0 Å². The summed E-state index contributed by atoms with van der Waals surface area (Å²) in [6, 6.07) is 20.2. The van der Waals surface area contributed by atoms with Gasteiger partial charge >= 0.3 is 0 Å². The molecule has 0 fully saturated rings. The predicted molar refractivity (Wildman–Crippen MR) is 94.8 cm³/mol. The molecule has 1 aliphatic rings. The van der Waals surface area contributed by atoms with Crippen molar-refractivity contribution in [2.75, 3.05) is 0 Å². The van der Waals surface area contributed by atoms with E-state index in [2.05, 4.69) is 34.9 Å². The molecule has 23 heavy (non-hydrogen) atoms. The van der Waals surface area contributed by atoms with Gasteiger partial charge in [0.05, 0.1) is 21.4 Å². The van der Waals surface area contributed by atoms with E-state index in [-0.39, 0.29) is 0 Å². The smallest absolute Gasteiger partial charge is 0.0871 e. The van der Waals surface area contributed by atoms with Crippen LogP contribution in [0.1, 0.15) is 11.3 Å². The van der Waals surface area contributed by atoms with Crippen LogP contribution in [0.15, 0.2) is 76.5 Å². The average Bonchev–Trinajstić information content (AvgIpc) is 3.16. The molecule has 1 atom stereocenters. The first-order chi connectivity index (χ1) is 11.2. The lowest BCUT2D eigenvalue weighted by Gasteiger charge is -2.10. The molecule has 0 radical (unpaired) electrons. The topological polar surface area (TPSA) is 22.0 Å².